The predicted octanol–water partition coefficient (Wildman–Crippen LogP) is 2.61. The average Bonchev–Trinajstić information content (AvgIpc) is 1.97. The molecule has 0 aromatic rings. The summed E-state index contributed by atoms with van der Waals surface area (Å²) in [6, 6.07) is 0. The van der Waals surface area contributed by atoms with Crippen molar-refractivity contribution in [2.24, 2.45) is 11.8 Å². The largest absolute Gasteiger partial charge is 0.396 e. The number of rotatable bonds is 5. The molecule has 1 atom stereocenters. The van der Waals surface area contributed by atoms with Gasteiger partial charge in [-0.2, -0.15) is 0 Å². The molecule has 0 saturated carbocycles. The molecule has 0 radical (unpaired) electrons. The van der Waals surface area contributed by atoms with E-state index >= 15 is 0 Å². The first-order chi connectivity index (χ1) is 5.22. The zero-order chi connectivity index (χ0) is 8.69. The minimum atomic E-state index is 0.320. The first-order valence-corrected chi connectivity index (χ1v) is 4.44. The summed E-state index contributed by atoms with van der Waals surface area (Å²) in [5, 5.41) is 8.76. The SMILES string of the molecule is CC=CCC(CCO)C(C)C. The number of allylic oxidation sites excluding steroid dienone is 2. The topological polar surface area (TPSA) is 20.2 Å². The van der Waals surface area contributed by atoms with Crippen LogP contribution in [0.2, 0.25) is 0 Å². The molecule has 66 valence electrons. The van der Waals surface area contributed by atoms with Crippen molar-refractivity contribution in [2.45, 2.75) is 33.6 Å². The van der Waals surface area contributed by atoms with Crippen molar-refractivity contribution in [3.05, 3.63) is 12.2 Å². The van der Waals surface area contributed by atoms with Crippen LogP contribution in [0.3, 0.4) is 0 Å². The first kappa shape index (κ1) is 10.7. The van der Waals surface area contributed by atoms with Crippen molar-refractivity contribution < 1.29 is 5.11 Å². The molecule has 0 bridgehead atoms. The highest BCUT2D eigenvalue weighted by Crippen LogP contribution is 2.18. The Kier molecular flexibility index (Phi) is 6.24. The summed E-state index contributed by atoms with van der Waals surface area (Å²) >= 11 is 0. The van der Waals surface area contributed by atoms with Gasteiger partial charge in [0, 0.05) is 6.61 Å². The Morgan fingerprint density at radius 2 is 2.00 bits per heavy atom. The van der Waals surface area contributed by atoms with Crippen LogP contribution in [0.25, 0.3) is 0 Å². The predicted molar refractivity (Wildman–Crippen MR) is 49.5 cm³/mol. The molecule has 0 aliphatic rings. The maximum absolute atomic E-state index is 8.76. The Labute approximate surface area is 70.1 Å². The summed E-state index contributed by atoms with van der Waals surface area (Å²) < 4.78 is 0. The van der Waals surface area contributed by atoms with E-state index in [1.54, 1.807) is 0 Å². The van der Waals surface area contributed by atoms with Crippen molar-refractivity contribution in [1.29, 1.82) is 0 Å². The number of aliphatic hydroxyl groups excluding tert-OH is 1. The summed E-state index contributed by atoms with van der Waals surface area (Å²) in [5.74, 6) is 1.33. The third kappa shape index (κ3) is 5.02. The fourth-order valence-electron chi connectivity index (χ4n) is 1.20. The quantitative estimate of drug-likeness (QED) is 0.607. The number of hydrogen-bond donors (Lipinski definition) is 1. The van der Waals surface area contributed by atoms with E-state index in [1.165, 1.54) is 0 Å². The van der Waals surface area contributed by atoms with Crippen LogP contribution in [0.5, 0.6) is 0 Å². The molecule has 0 saturated heterocycles. The summed E-state index contributed by atoms with van der Waals surface area (Å²) in [6.45, 7) is 6.78. The molecule has 1 nitrogen and oxygen atoms in total. The molecule has 0 aliphatic heterocycles. The Morgan fingerprint density at radius 1 is 1.36 bits per heavy atom. The van der Waals surface area contributed by atoms with Crippen LogP contribution in [-0.4, -0.2) is 11.7 Å². The molecule has 1 heteroatoms. The molecule has 0 heterocycles. The average molecular weight is 156 g/mol. The summed E-state index contributed by atoms with van der Waals surface area (Å²) in [7, 11) is 0. The molecule has 0 fully saturated rings. The van der Waals surface area contributed by atoms with Gasteiger partial charge in [0.05, 0.1) is 0 Å². The zero-order valence-corrected chi connectivity index (χ0v) is 7.88. The Hall–Kier alpha value is -0.300. The minimum Gasteiger partial charge on any atom is -0.396 e. The minimum absolute atomic E-state index is 0.320. The molecule has 0 aliphatic carbocycles. The highest BCUT2D eigenvalue weighted by molar-refractivity contribution is 4.81. The van der Waals surface area contributed by atoms with Crippen LogP contribution in [0, 0.1) is 11.8 Å². The van der Waals surface area contributed by atoms with Gasteiger partial charge in [-0.05, 0) is 31.6 Å². The van der Waals surface area contributed by atoms with Gasteiger partial charge in [0.15, 0.2) is 0 Å². The van der Waals surface area contributed by atoms with Crippen LogP contribution in [-0.2, 0) is 0 Å². The molecular formula is C10H20O. The standard InChI is InChI=1S/C10H20O/c1-4-5-6-10(7-8-11)9(2)3/h4-5,9-11H,6-8H2,1-3H3. The molecule has 1 unspecified atom stereocenters. The Bertz CT molecular complexity index is 105. The highest BCUT2D eigenvalue weighted by Gasteiger charge is 2.09. The van der Waals surface area contributed by atoms with Crippen molar-refractivity contribution in [3.8, 4) is 0 Å². The van der Waals surface area contributed by atoms with E-state index in [-0.39, 0.29) is 0 Å². The molecule has 0 aromatic heterocycles. The molecule has 11 heavy (non-hydrogen) atoms. The summed E-state index contributed by atoms with van der Waals surface area (Å²) in [5.41, 5.74) is 0. The fourth-order valence-corrected chi connectivity index (χ4v) is 1.20. The van der Waals surface area contributed by atoms with Gasteiger partial charge < -0.3 is 5.11 Å². The molecule has 0 rings (SSSR count). The normalized spacial score (nSPS) is 14.6. The summed E-state index contributed by atoms with van der Waals surface area (Å²) in [6.07, 6.45) is 6.30. The zero-order valence-electron chi connectivity index (χ0n) is 7.88. The van der Waals surface area contributed by atoms with E-state index in [4.69, 9.17) is 5.11 Å². The van der Waals surface area contributed by atoms with Crippen LogP contribution < -0.4 is 0 Å². The smallest absolute Gasteiger partial charge is 0.0433 e. The van der Waals surface area contributed by atoms with Gasteiger partial charge in [-0.3, -0.25) is 0 Å². The van der Waals surface area contributed by atoms with E-state index in [1.807, 2.05) is 6.92 Å². The van der Waals surface area contributed by atoms with Gasteiger partial charge in [0.25, 0.3) is 0 Å². The summed E-state index contributed by atoms with van der Waals surface area (Å²) in [4.78, 5) is 0. The lowest BCUT2D eigenvalue weighted by molar-refractivity contribution is 0.232. The van der Waals surface area contributed by atoms with Crippen molar-refractivity contribution in [1.82, 2.24) is 0 Å². The second kappa shape index (κ2) is 6.41. The van der Waals surface area contributed by atoms with E-state index in [9.17, 15) is 0 Å². The van der Waals surface area contributed by atoms with Crippen LogP contribution >= 0.6 is 0 Å². The van der Waals surface area contributed by atoms with Crippen molar-refractivity contribution >= 4 is 0 Å². The third-order valence-corrected chi connectivity index (χ3v) is 2.12. The van der Waals surface area contributed by atoms with Crippen LogP contribution in [0.15, 0.2) is 12.2 Å². The van der Waals surface area contributed by atoms with E-state index < -0.39 is 0 Å². The molecular weight excluding hydrogens is 136 g/mol. The van der Waals surface area contributed by atoms with E-state index in [0.29, 0.717) is 18.4 Å². The second-order valence-corrected chi connectivity index (χ2v) is 3.32. The van der Waals surface area contributed by atoms with E-state index in [0.717, 1.165) is 12.8 Å². The highest BCUT2D eigenvalue weighted by atomic mass is 16.3. The maximum Gasteiger partial charge on any atom is 0.0433 e. The lowest BCUT2D eigenvalue weighted by atomic mass is 9.90. The van der Waals surface area contributed by atoms with Crippen LogP contribution in [0.4, 0.5) is 0 Å². The Balaban J connectivity index is 3.69. The number of aliphatic hydroxyl groups is 1. The maximum atomic E-state index is 8.76. The van der Waals surface area contributed by atoms with E-state index in [2.05, 4.69) is 26.0 Å². The van der Waals surface area contributed by atoms with Crippen LogP contribution in [0.1, 0.15) is 33.6 Å². The van der Waals surface area contributed by atoms with Gasteiger partial charge in [-0.25, -0.2) is 0 Å². The van der Waals surface area contributed by atoms with Gasteiger partial charge in [-0.15, -0.1) is 0 Å². The fraction of sp³-hybridized carbons (Fsp3) is 0.800. The van der Waals surface area contributed by atoms with Crippen molar-refractivity contribution in [2.75, 3.05) is 6.61 Å². The lowest BCUT2D eigenvalue weighted by Crippen LogP contribution is -2.09. The second-order valence-electron chi connectivity index (χ2n) is 3.32. The molecule has 0 amide bonds. The lowest BCUT2D eigenvalue weighted by Gasteiger charge is -2.17. The van der Waals surface area contributed by atoms with Crippen molar-refractivity contribution in [3.63, 3.8) is 0 Å². The molecule has 1 N–H and O–H groups in total. The third-order valence-electron chi connectivity index (χ3n) is 2.12. The van der Waals surface area contributed by atoms with Gasteiger partial charge >= 0.3 is 0 Å². The Morgan fingerprint density at radius 3 is 2.36 bits per heavy atom. The monoisotopic (exact) mass is 156 g/mol. The van der Waals surface area contributed by atoms with Gasteiger partial charge in [0.2, 0.25) is 0 Å². The molecule has 0 aromatic carbocycles. The molecule has 0 spiro atoms. The van der Waals surface area contributed by atoms with Gasteiger partial charge in [0.1, 0.15) is 0 Å². The number of hydrogen-bond acceptors (Lipinski definition) is 1. The van der Waals surface area contributed by atoms with Gasteiger partial charge in [-0.1, -0.05) is 26.0 Å². The first-order valence-electron chi connectivity index (χ1n) is 4.44.